The quantitative estimate of drug-likeness (QED) is 0.177. The van der Waals surface area contributed by atoms with Gasteiger partial charge in [0.15, 0.2) is 0 Å². The highest BCUT2D eigenvalue weighted by Gasteiger charge is 2.38. The fourth-order valence-corrected chi connectivity index (χ4v) is 8.29. The van der Waals surface area contributed by atoms with Crippen molar-refractivity contribution in [3.63, 3.8) is 0 Å². The highest BCUT2D eigenvalue weighted by Crippen LogP contribution is 2.53. The van der Waals surface area contributed by atoms with Crippen LogP contribution in [-0.2, 0) is 5.41 Å². The zero-order valence-corrected chi connectivity index (χ0v) is 28.3. The summed E-state index contributed by atoms with van der Waals surface area (Å²) < 4.78 is 4.68. The van der Waals surface area contributed by atoms with Gasteiger partial charge in [0.2, 0.25) is 5.95 Å². The lowest BCUT2D eigenvalue weighted by Gasteiger charge is -2.21. The smallest absolute Gasteiger partial charge is 0.235 e. The van der Waals surface area contributed by atoms with E-state index in [1.54, 1.807) is 0 Å². The minimum atomic E-state index is -0.148. The molecule has 0 bridgehead atoms. The molecule has 0 fully saturated rings. The number of aromatic nitrogens is 4. The molecule has 3 heterocycles. The van der Waals surface area contributed by atoms with Gasteiger partial charge in [-0.3, -0.25) is 4.57 Å². The molecule has 0 N–H and O–H groups in total. The van der Waals surface area contributed by atoms with Gasteiger partial charge in [-0.25, -0.2) is 9.97 Å². The molecule has 4 heteroatoms. The van der Waals surface area contributed by atoms with E-state index in [1.165, 1.54) is 49.4 Å². The average Bonchev–Trinajstić information content (AvgIpc) is 3.71. The molecule has 3 aromatic heterocycles. The molecular formula is C45H36N4. The zero-order chi connectivity index (χ0) is 33.6. The van der Waals surface area contributed by atoms with Crippen molar-refractivity contribution in [1.82, 2.24) is 19.1 Å². The summed E-state index contributed by atoms with van der Waals surface area (Å²) in [6.45, 7) is 16.9. The molecule has 0 unspecified atom stereocenters. The van der Waals surface area contributed by atoms with Crippen LogP contribution in [0.3, 0.4) is 0 Å². The van der Waals surface area contributed by atoms with Crippen molar-refractivity contribution in [1.29, 1.82) is 0 Å². The van der Waals surface area contributed by atoms with E-state index in [2.05, 4.69) is 153 Å². The van der Waals surface area contributed by atoms with Crippen LogP contribution >= 0.6 is 0 Å². The topological polar surface area (TPSA) is 35.6 Å². The van der Waals surface area contributed by atoms with Crippen molar-refractivity contribution >= 4 is 55.3 Å². The van der Waals surface area contributed by atoms with E-state index in [0.717, 1.165) is 44.6 Å². The highest BCUT2D eigenvalue weighted by molar-refractivity contribution is 6.16. The standard InChI is InChI=1S/C45H36N4/c1-7-15-27(3)42-28(4)37(8-2)46-44(47-42)49-40-26-29(48-38-20-13-10-16-30(38)31-17-11-14-21-39(31)48)22-23-32(40)33-24-25-36-41(43(33)49)34-18-9-12-19-35(34)45(36,5)6/h7-26H,1-2H2,3-6H3/b27-15+. The van der Waals surface area contributed by atoms with E-state index < -0.39 is 0 Å². The first-order valence-corrected chi connectivity index (χ1v) is 16.8. The van der Waals surface area contributed by atoms with Crippen molar-refractivity contribution < 1.29 is 0 Å². The lowest BCUT2D eigenvalue weighted by Crippen LogP contribution is -2.14. The second-order valence-corrected chi connectivity index (χ2v) is 13.6. The molecular weight excluding hydrogens is 597 g/mol. The van der Waals surface area contributed by atoms with Crippen LogP contribution in [0, 0.1) is 6.92 Å². The lowest BCUT2D eigenvalue weighted by atomic mass is 9.82. The van der Waals surface area contributed by atoms with Crippen molar-refractivity contribution in [2.75, 3.05) is 0 Å². The number of para-hydroxylation sites is 2. The number of fused-ring (bicyclic) bond motifs is 10. The third-order valence-corrected chi connectivity index (χ3v) is 10.6. The van der Waals surface area contributed by atoms with Gasteiger partial charge in [-0.05, 0) is 66.5 Å². The minimum Gasteiger partial charge on any atom is -0.309 e. The second-order valence-electron chi connectivity index (χ2n) is 13.6. The third-order valence-electron chi connectivity index (χ3n) is 10.6. The Morgan fingerprint density at radius 1 is 0.694 bits per heavy atom. The molecule has 236 valence electrons. The normalized spacial score (nSPS) is 13.8. The van der Waals surface area contributed by atoms with Gasteiger partial charge in [-0.2, -0.15) is 0 Å². The van der Waals surface area contributed by atoms with Gasteiger partial charge in [-0.15, -0.1) is 0 Å². The summed E-state index contributed by atoms with van der Waals surface area (Å²) in [5.74, 6) is 0.627. The van der Waals surface area contributed by atoms with Crippen LogP contribution in [-0.4, -0.2) is 19.1 Å². The van der Waals surface area contributed by atoms with E-state index in [9.17, 15) is 0 Å². The number of rotatable bonds is 5. The number of allylic oxidation sites excluding steroid dienone is 3. The molecule has 0 saturated heterocycles. The van der Waals surface area contributed by atoms with E-state index >= 15 is 0 Å². The molecule has 4 nitrogen and oxygen atoms in total. The average molecular weight is 633 g/mol. The van der Waals surface area contributed by atoms with Gasteiger partial charge in [0.1, 0.15) is 0 Å². The predicted molar refractivity (Wildman–Crippen MR) is 207 cm³/mol. The van der Waals surface area contributed by atoms with Crippen LogP contribution in [0.2, 0.25) is 0 Å². The summed E-state index contributed by atoms with van der Waals surface area (Å²) in [5.41, 5.74) is 14.4. The number of benzene rings is 5. The Morgan fingerprint density at radius 2 is 1.35 bits per heavy atom. The Labute approximate surface area is 286 Å². The molecule has 0 saturated carbocycles. The van der Waals surface area contributed by atoms with Gasteiger partial charge < -0.3 is 4.57 Å². The SMILES string of the molecule is C=C/C=C(\C)c1nc(-n2c3cc(-n4c5ccccc5c5ccccc54)ccc3c3ccc4c(c32)-c2ccccc2C4(C)C)nc(C=C)c1C. The van der Waals surface area contributed by atoms with Crippen LogP contribution < -0.4 is 0 Å². The van der Waals surface area contributed by atoms with Gasteiger partial charge in [0.25, 0.3) is 0 Å². The third kappa shape index (κ3) is 3.98. The van der Waals surface area contributed by atoms with Crippen LogP contribution in [0.5, 0.6) is 0 Å². The van der Waals surface area contributed by atoms with Crippen LogP contribution in [0.15, 0.2) is 128 Å². The molecule has 5 aromatic carbocycles. The Hall–Kier alpha value is -6.00. The first-order valence-electron chi connectivity index (χ1n) is 16.8. The molecule has 0 radical (unpaired) electrons. The number of nitrogens with zero attached hydrogens (tertiary/aromatic N) is 4. The van der Waals surface area contributed by atoms with Gasteiger partial charge in [0.05, 0.1) is 33.5 Å². The first kappa shape index (κ1) is 29.2. The van der Waals surface area contributed by atoms with Gasteiger partial charge >= 0.3 is 0 Å². The van der Waals surface area contributed by atoms with Gasteiger partial charge in [-0.1, -0.05) is 118 Å². The van der Waals surface area contributed by atoms with Crippen molar-refractivity contribution in [3.8, 4) is 22.8 Å². The van der Waals surface area contributed by atoms with Crippen LogP contribution in [0.4, 0.5) is 0 Å². The number of hydrogen-bond acceptors (Lipinski definition) is 2. The maximum atomic E-state index is 5.33. The first-order chi connectivity index (χ1) is 23.8. The van der Waals surface area contributed by atoms with Gasteiger partial charge in [0, 0.05) is 43.8 Å². The molecule has 0 amide bonds. The predicted octanol–water partition coefficient (Wildman–Crippen LogP) is 11.5. The minimum absolute atomic E-state index is 0.148. The van der Waals surface area contributed by atoms with E-state index in [4.69, 9.17) is 9.97 Å². The monoisotopic (exact) mass is 632 g/mol. The van der Waals surface area contributed by atoms with Crippen molar-refractivity contribution in [2.45, 2.75) is 33.1 Å². The Kier molecular flexibility index (Phi) is 6.25. The highest BCUT2D eigenvalue weighted by atomic mass is 15.2. The molecule has 9 rings (SSSR count). The van der Waals surface area contributed by atoms with Crippen molar-refractivity contribution in [3.05, 3.63) is 157 Å². The Balaban J connectivity index is 1.46. The van der Waals surface area contributed by atoms with Crippen LogP contribution in [0.1, 0.15) is 48.8 Å². The summed E-state index contributed by atoms with van der Waals surface area (Å²) in [5, 5.41) is 4.82. The molecule has 8 aromatic rings. The van der Waals surface area contributed by atoms with Crippen molar-refractivity contribution in [2.24, 2.45) is 0 Å². The Morgan fingerprint density at radius 3 is 2.06 bits per heavy atom. The second kappa shape index (κ2) is 10.5. The lowest BCUT2D eigenvalue weighted by molar-refractivity contribution is 0.660. The molecule has 0 atom stereocenters. The van der Waals surface area contributed by atoms with E-state index in [0.29, 0.717) is 5.95 Å². The zero-order valence-electron chi connectivity index (χ0n) is 28.3. The summed E-state index contributed by atoms with van der Waals surface area (Å²) in [6.07, 6.45) is 5.66. The molecule has 49 heavy (non-hydrogen) atoms. The summed E-state index contributed by atoms with van der Waals surface area (Å²) >= 11 is 0. The largest absolute Gasteiger partial charge is 0.309 e. The maximum absolute atomic E-state index is 5.33. The summed E-state index contributed by atoms with van der Waals surface area (Å²) in [6, 6.07) is 37.6. The fraction of sp³-hybridized carbons (Fsp3) is 0.111. The Bertz CT molecular complexity index is 2690. The van der Waals surface area contributed by atoms with Crippen LogP contribution in [0.25, 0.3) is 78.0 Å². The number of hydrogen-bond donors (Lipinski definition) is 0. The van der Waals surface area contributed by atoms with E-state index in [-0.39, 0.29) is 5.41 Å². The molecule has 0 spiro atoms. The molecule has 1 aliphatic rings. The maximum Gasteiger partial charge on any atom is 0.235 e. The molecule has 0 aliphatic heterocycles. The summed E-state index contributed by atoms with van der Waals surface area (Å²) in [4.78, 5) is 10.6. The summed E-state index contributed by atoms with van der Waals surface area (Å²) in [7, 11) is 0. The van der Waals surface area contributed by atoms with E-state index in [1.807, 2.05) is 18.2 Å². The molecule has 1 aliphatic carbocycles. The fourth-order valence-electron chi connectivity index (χ4n) is 8.29.